The maximum Gasteiger partial charge on any atom is 0.282 e. The first-order valence-corrected chi connectivity index (χ1v) is 10.1. The van der Waals surface area contributed by atoms with Gasteiger partial charge in [0.2, 0.25) is 5.89 Å². The van der Waals surface area contributed by atoms with Crippen LogP contribution in [0, 0.1) is 24.0 Å². The van der Waals surface area contributed by atoms with Crippen molar-refractivity contribution in [3.63, 3.8) is 0 Å². The molecule has 0 radical (unpaired) electrons. The fourth-order valence-corrected chi connectivity index (χ4v) is 3.40. The van der Waals surface area contributed by atoms with Crippen molar-refractivity contribution in [2.24, 2.45) is 0 Å². The molecule has 32 heavy (non-hydrogen) atoms. The highest BCUT2D eigenvalue weighted by molar-refractivity contribution is 7.80. The fourth-order valence-electron chi connectivity index (χ4n) is 3.19. The molecule has 1 amide bonds. The molecule has 2 N–H and O–H groups in total. The third-order valence-corrected chi connectivity index (χ3v) is 5.05. The van der Waals surface area contributed by atoms with Crippen molar-refractivity contribution in [1.29, 1.82) is 0 Å². The SMILES string of the molecule is Cc1ccc2nc(-c3ccc(C)c(NC(=S)NC(=O)c4ccccc4[N+](=O)[O-])c3)oc2c1. The summed E-state index contributed by atoms with van der Waals surface area (Å²) in [6, 6.07) is 17.0. The molecule has 0 aliphatic heterocycles. The Bertz CT molecular complexity index is 1380. The first-order chi connectivity index (χ1) is 15.3. The molecule has 9 heteroatoms. The van der Waals surface area contributed by atoms with Crippen LogP contribution >= 0.6 is 12.2 Å². The average Bonchev–Trinajstić information content (AvgIpc) is 3.18. The molecular formula is C23H18N4O4S. The van der Waals surface area contributed by atoms with Crippen molar-refractivity contribution in [2.45, 2.75) is 13.8 Å². The van der Waals surface area contributed by atoms with Gasteiger partial charge in [-0.1, -0.05) is 24.3 Å². The molecule has 3 aromatic carbocycles. The summed E-state index contributed by atoms with van der Waals surface area (Å²) >= 11 is 5.26. The number of hydrogen-bond donors (Lipinski definition) is 2. The minimum atomic E-state index is -0.669. The molecule has 0 saturated heterocycles. The lowest BCUT2D eigenvalue weighted by atomic mass is 10.1. The molecule has 0 aliphatic rings. The third kappa shape index (κ3) is 4.33. The van der Waals surface area contributed by atoms with E-state index in [1.54, 1.807) is 6.07 Å². The number of nitro groups is 1. The fraction of sp³-hybridized carbons (Fsp3) is 0.0870. The molecule has 0 spiro atoms. The molecule has 0 unspecified atom stereocenters. The average molecular weight is 446 g/mol. The van der Waals surface area contributed by atoms with Gasteiger partial charge in [0.05, 0.1) is 4.92 Å². The zero-order chi connectivity index (χ0) is 22.8. The van der Waals surface area contributed by atoms with Crippen LogP contribution in [0.5, 0.6) is 0 Å². The molecule has 1 aromatic heterocycles. The predicted octanol–water partition coefficient (Wildman–Crippen LogP) is 5.15. The number of thiocarbonyl (C=S) groups is 1. The van der Waals surface area contributed by atoms with E-state index >= 15 is 0 Å². The van der Waals surface area contributed by atoms with E-state index in [-0.39, 0.29) is 16.4 Å². The van der Waals surface area contributed by atoms with E-state index in [4.69, 9.17) is 16.6 Å². The van der Waals surface area contributed by atoms with E-state index in [9.17, 15) is 14.9 Å². The highest BCUT2D eigenvalue weighted by Crippen LogP contribution is 2.28. The van der Waals surface area contributed by atoms with Crippen molar-refractivity contribution in [3.8, 4) is 11.5 Å². The number of nitrogens with one attached hydrogen (secondary N) is 2. The summed E-state index contributed by atoms with van der Waals surface area (Å²) in [5.41, 5.74) is 4.42. The third-order valence-electron chi connectivity index (χ3n) is 4.85. The normalized spacial score (nSPS) is 10.7. The van der Waals surface area contributed by atoms with Crippen LogP contribution in [0.25, 0.3) is 22.6 Å². The number of carbonyl (C=O) groups excluding carboxylic acids is 1. The number of aromatic nitrogens is 1. The number of fused-ring (bicyclic) bond motifs is 1. The predicted molar refractivity (Wildman–Crippen MR) is 126 cm³/mol. The van der Waals surface area contributed by atoms with E-state index in [1.807, 2.05) is 50.2 Å². The number of nitro benzene ring substituents is 1. The Labute approximate surface area is 188 Å². The number of nitrogens with zero attached hydrogens (tertiary/aromatic N) is 2. The van der Waals surface area contributed by atoms with Gasteiger partial charge in [0.15, 0.2) is 10.7 Å². The molecule has 4 aromatic rings. The van der Waals surface area contributed by atoms with E-state index in [0.717, 1.165) is 22.2 Å². The second-order valence-corrected chi connectivity index (χ2v) is 7.61. The second-order valence-electron chi connectivity index (χ2n) is 7.20. The highest BCUT2D eigenvalue weighted by Gasteiger charge is 2.20. The van der Waals surface area contributed by atoms with Crippen LogP contribution in [0.4, 0.5) is 11.4 Å². The van der Waals surface area contributed by atoms with Gasteiger partial charge in [0, 0.05) is 17.3 Å². The topological polar surface area (TPSA) is 110 Å². The molecule has 160 valence electrons. The lowest BCUT2D eigenvalue weighted by molar-refractivity contribution is -0.385. The molecule has 0 fully saturated rings. The molecule has 8 nitrogen and oxygen atoms in total. The van der Waals surface area contributed by atoms with Crippen LogP contribution in [0.1, 0.15) is 21.5 Å². The highest BCUT2D eigenvalue weighted by atomic mass is 32.1. The van der Waals surface area contributed by atoms with Gasteiger partial charge in [-0.05, 0) is 67.5 Å². The van der Waals surface area contributed by atoms with Gasteiger partial charge in [-0.3, -0.25) is 20.2 Å². The van der Waals surface area contributed by atoms with E-state index in [1.165, 1.54) is 18.2 Å². The lowest BCUT2D eigenvalue weighted by Crippen LogP contribution is -2.34. The quantitative estimate of drug-likeness (QED) is 0.253. The summed E-state index contributed by atoms with van der Waals surface area (Å²) in [4.78, 5) is 27.6. The number of para-hydroxylation sites is 1. The van der Waals surface area contributed by atoms with Gasteiger partial charge < -0.3 is 9.73 Å². The van der Waals surface area contributed by atoms with E-state index < -0.39 is 10.8 Å². The smallest absolute Gasteiger partial charge is 0.282 e. The molecule has 0 saturated carbocycles. The van der Waals surface area contributed by atoms with Crippen molar-refractivity contribution in [2.75, 3.05) is 5.32 Å². The Morgan fingerprint density at radius 1 is 1.09 bits per heavy atom. The van der Waals surface area contributed by atoms with Crippen molar-refractivity contribution >= 4 is 45.7 Å². The van der Waals surface area contributed by atoms with Crippen LogP contribution in [0.3, 0.4) is 0 Å². The molecule has 0 atom stereocenters. The molecule has 4 rings (SSSR count). The number of rotatable bonds is 4. The summed E-state index contributed by atoms with van der Waals surface area (Å²) in [7, 11) is 0. The molecule has 0 aliphatic carbocycles. The van der Waals surface area contributed by atoms with Gasteiger partial charge in [0.25, 0.3) is 11.6 Å². The maximum atomic E-state index is 12.5. The Hall–Kier alpha value is -4.11. The number of amides is 1. The van der Waals surface area contributed by atoms with Crippen molar-refractivity contribution < 1.29 is 14.1 Å². The van der Waals surface area contributed by atoms with Crippen molar-refractivity contribution in [3.05, 3.63) is 87.5 Å². The van der Waals surface area contributed by atoms with Crippen LogP contribution in [0.15, 0.2) is 65.1 Å². The Morgan fingerprint density at radius 3 is 2.66 bits per heavy atom. The zero-order valence-electron chi connectivity index (χ0n) is 17.2. The van der Waals surface area contributed by atoms with E-state index in [2.05, 4.69) is 15.6 Å². The number of anilines is 1. The summed E-state index contributed by atoms with van der Waals surface area (Å²) < 4.78 is 5.89. The summed E-state index contributed by atoms with van der Waals surface area (Å²) in [5, 5.41) is 16.6. The Balaban J connectivity index is 1.55. The van der Waals surface area contributed by atoms with Crippen LogP contribution < -0.4 is 10.6 Å². The largest absolute Gasteiger partial charge is 0.436 e. The van der Waals surface area contributed by atoms with Gasteiger partial charge >= 0.3 is 0 Å². The molecular weight excluding hydrogens is 428 g/mol. The summed E-state index contributed by atoms with van der Waals surface area (Å²) in [5.74, 6) is -0.207. The second kappa shape index (κ2) is 8.56. The Kier molecular flexibility index (Phi) is 5.65. The van der Waals surface area contributed by atoms with Crippen LogP contribution in [-0.4, -0.2) is 20.9 Å². The lowest BCUT2D eigenvalue weighted by Gasteiger charge is -2.12. The number of aryl methyl sites for hydroxylation is 2. The summed E-state index contributed by atoms with van der Waals surface area (Å²) in [6.45, 7) is 3.86. The first kappa shape index (κ1) is 21.1. The maximum absolute atomic E-state index is 12.5. The molecule has 1 heterocycles. The summed E-state index contributed by atoms with van der Waals surface area (Å²) in [6.07, 6.45) is 0. The number of carbonyl (C=O) groups is 1. The monoisotopic (exact) mass is 446 g/mol. The molecule has 0 bridgehead atoms. The number of oxazole rings is 1. The van der Waals surface area contributed by atoms with Crippen LogP contribution in [0.2, 0.25) is 0 Å². The van der Waals surface area contributed by atoms with Crippen LogP contribution in [-0.2, 0) is 0 Å². The first-order valence-electron chi connectivity index (χ1n) is 9.66. The minimum absolute atomic E-state index is 0.0154. The van der Waals surface area contributed by atoms with E-state index in [0.29, 0.717) is 17.2 Å². The van der Waals surface area contributed by atoms with Gasteiger partial charge in [-0.25, -0.2) is 4.98 Å². The Morgan fingerprint density at radius 2 is 1.88 bits per heavy atom. The number of hydrogen-bond acceptors (Lipinski definition) is 6. The standard InChI is InChI=1S/C23H18N4O4S/c1-13-7-10-17-20(11-13)31-22(24-17)15-9-8-14(2)18(12-15)25-23(32)26-21(28)16-5-3-4-6-19(16)27(29)30/h3-12H,1-2H3,(H2,25,26,28,32). The number of benzene rings is 3. The van der Waals surface area contributed by atoms with Gasteiger partial charge in [0.1, 0.15) is 11.1 Å². The van der Waals surface area contributed by atoms with Crippen molar-refractivity contribution in [1.82, 2.24) is 10.3 Å². The minimum Gasteiger partial charge on any atom is -0.436 e. The van der Waals surface area contributed by atoms with Gasteiger partial charge in [-0.15, -0.1) is 0 Å². The van der Waals surface area contributed by atoms with Gasteiger partial charge in [-0.2, -0.15) is 0 Å². The zero-order valence-corrected chi connectivity index (χ0v) is 18.0.